The lowest BCUT2D eigenvalue weighted by atomic mass is 9.90. The summed E-state index contributed by atoms with van der Waals surface area (Å²) in [4.78, 5) is 28.8. The number of amides is 2. The number of anilines is 1. The first-order valence-electron chi connectivity index (χ1n) is 6.21. The maximum absolute atomic E-state index is 12.3. The molecule has 7 heteroatoms. The predicted octanol–water partition coefficient (Wildman–Crippen LogP) is 2.56. The van der Waals surface area contributed by atoms with Crippen LogP contribution < -0.4 is 5.32 Å². The molecule has 2 heterocycles. The zero-order valence-corrected chi connectivity index (χ0v) is 12.8. The van der Waals surface area contributed by atoms with Crippen molar-refractivity contribution in [2.24, 2.45) is 5.41 Å². The number of pyridine rings is 1. The molecular formula is C13H16BrN3O3. The zero-order valence-electron chi connectivity index (χ0n) is 11.3. The second kappa shape index (κ2) is 5.40. The summed E-state index contributed by atoms with van der Waals surface area (Å²) in [5, 5.41) is 11.9. The zero-order chi connectivity index (χ0) is 14.9. The summed E-state index contributed by atoms with van der Waals surface area (Å²) in [6.45, 7) is 4.26. The van der Waals surface area contributed by atoms with Gasteiger partial charge >= 0.3 is 6.09 Å². The number of carbonyl (C=O) groups excluding carboxylic acids is 1. The number of hydrogen-bond donors (Lipinski definition) is 2. The Morgan fingerprint density at radius 3 is 2.80 bits per heavy atom. The summed E-state index contributed by atoms with van der Waals surface area (Å²) in [7, 11) is 0. The van der Waals surface area contributed by atoms with Crippen LogP contribution in [-0.2, 0) is 4.79 Å². The Hall–Kier alpha value is -1.63. The maximum atomic E-state index is 12.3. The fourth-order valence-corrected chi connectivity index (χ4v) is 2.74. The average Bonchev–Trinajstić information content (AvgIpc) is 2.66. The fraction of sp³-hybridized carbons (Fsp3) is 0.462. The normalized spacial score (nSPS) is 20.8. The Balaban J connectivity index is 2.13. The van der Waals surface area contributed by atoms with Crippen molar-refractivity contribution in [3.8, 4) is 0 Å². The van der Waals surface area contributed by atoms with E-state index in [0.29, 0.717) is 23.4 Å². The molecule has 2 N–H and O–H groups in total. The van der Waals surface area contributed by atoms with Gasteiger partial charge in [0.15, 0.2) is 0 Å². The molecule has 6 nitrogen and oxygen atoms in total. The van der Waals surface area contributed by atoms with Gasteiger partial charge in [-0.25, -0.2) is 9.78 Å². The van der Waals surface area contributed by atoms with Gasteiger partial charge in [-0.15, -0.1) is 0 Å². The van der Waals surface area contributed by atoms with Crippen LogP contribution in [0, 0.1) is 5.41 Å². The van der Waals surface area contributed by atoms with Crippen LogP contribution in [0.15, 0.2) is 22.8 Å². The van der Waals surface area contributed by atoms with Gasteiger partial charge in [0, 0.05) is 6.54 Å². The van der Waals surface area contributed by atoms with Gasteiger partial charge in [-0.05, 0) is 39.9 Å². The third kappa shape index (κ3) is 3.27. The minimum Gasteiger partial charge on any atom is -0.465 e. The summed E-state index contributed by atoms with van der Waals surface area (Å²) < 4.78 is 0.608. The molecule has 1 atom stereocenters. The number of halogens is 1. The van der Waals surface area contributed by atoms with E-state index in [1.807, 2.05) is 13.8 Å². The minimum atomic E-state index is -1.07. The highest BCUT2D eigenvalue weighted by atomic mass is 79.9. The van der Waals surface area contributed by atoms with Crippen molar-refractivity contribution in [1.82, 2.24) is 9.88 Å². The molecular weight excluding hydrogens is 326 g/mol. The largest absolute Gasteiger partial charge is 0.465 e. The molecule has 1 aromatic rings. The van der Waals surface area contributed by atoms with Crippen LogP contribution in [0.3, 0.4) is 0 Å². The van der Waals surface area contributed by atoms with Gasteiger partial charge in [-0.1, -0.05) is 19.9 Å². The molecule has 0 spiro atoms. The summed E-state index contributed by atoms with van der Waals surface area (Å²) >= 11 is 3.22. The van der Waals surface area contributed by atoms with Gasteiger partial charge in [0.25, 0.3) is 0 Å². The van der Waals surface area contributed by atoms with E-state index >= 15 is 0 Å². The minimum absolute atomic E-state index is 0.203. The fourth-order valence-electron chi connectivity index (χ4n) is 2.39. The highest BCUT2D eigenvalue weighted by molar-refractivity contribution is 9.10. The monoisotopic (exact) mass is 341 g/mol. The second-order valence-corrected chi connectivity index (χ2v) is 6.44. The lowest BCUT2D eigenvalue weighted by Gasteiger charge is -2.20. The third-order valence-corrected chi connectivity index (χ3v) is 3.68. The lowest BCUT2D eigenvalue weighted by Crippen LogP contribution is -2.42. The van der Waals surface area contributed by atoms with E-state index in [0.717, 1.165) is 0 Å². The molecule has 0 saturated carbocycles. The molecule has 1 aromatic heterocycles. The number of carboxylic acid groups (broad SMARTS) is 1. The molecule has 1 aliphatic rings. The first kappa shape index (κ1) is 14.8. The van der Waals surface area contributed by atoms with Crippen LogP contribution in [-0.4, -0.2) is 39.6 Å². The molecule has 0 aliphatic carbocycles. The number of nitrogens with zero attached hydrogens (tertiary/aromatic N) is 2. The molecule has 0 radical (unpaired) electrons. The van der Waals surface area contributed by atoms with E-state index in [9.17, 15) is 14.7 Å². The molecule has 1 fully saturated rings. The molecule has 0 bridgehead atoms. The second-order valence-electron chi connectivity index (χ2n) is 5.63. The molecule has 0 aromatic carbocycles. The van der Waals surface area contributed by atoms with Crippen molar-refractivity contribution in [1.29, 1.82) is 0 Å². The maximum Gasteiger partial charge on any atom is 0.407 e. The molecule has 2 rings (SSSR count). The van der Waals surface area contributed by atoms with Crippen LogP contribution in [0.4, 0.5) is 10.6 Å². The van der Waals surface area contributed by atoms with E-state index < -0.39 is 12.1 Å². The molecule has 1 aliphatic heterocycles. The topological polar surface area (TPSA) is 82.5 Å². The number of likely N-dealkylation sites (tertiary alicyclic amines) is 1. The first-order valence-corrected chi connectivity index (χ1v) is 7.01. The SMILES string of the molecule is CC1(C)C[C@@H](C(=O)Nc2cccc(Br)n2)N(C(=O)O)C1. The Kier molecular flexibility index (Phi) is 3.99. The van der Waals surface area contributed by atoms with E-state index in [4.69, 9.17) is 0 Å². The number of carbonyl (C=O) groups is 2. The van der Waals surface area contributed by atoms with Crippen LogP contribution >= 0.6 is 15.9 Å². The quantitative estimate of drug-likeness (QED) is 0.810. The van der Waals surface area contributed by atoms with Crippen molar-refractivity contribution < 1.29 is 14.7 Å². The predicted molar refractivity (Wildman–Crippen MR) is 77.5 cm³/mol. The average molecular weight is 342 g/mol. The highest BCUT2D eigenvalue weighted by Crippen LogP contribution is 2.34. The Labute approximate surface area is 125 Å². The van der Waals surface area contributed by atoms with Gasteiger partial charge in [-0.2, -0.15) is 0 Å². The number of hydrogen-bond acceptors (Lipinski definition) is 3. The van der Waals surface area contributed by atoms with Gasteiger partial charge in [0.2, 0.25) is 5.91 Å². The van der Waals surface area contributed by atoms with Crippen molar-refractivity contribution in [2.45, 2.75) is 26.3 Å². The number of nitrogens with one attached hydrogen (secondary N) is 1. The molecule has 108 valence electrons. The van der Waals surface area contributed by atoms with E-state index in [1.165, 1.54) is 4.90 Å². The highest BCUT2D eigenvalue weighted by Gasteiger charge is 2.43. The van der Waals surface area contributed by atoms with E-state index in [-0.39, 0.29) is 11.3 Å². The first-order chi connectivity index (χ1) is 9.28. The Morgan fingerprint density at radius 2 is 2.20 bits per heavy atom. The number of aromatic nitrogens is 1. The van der Waals surface area contributed by atoms with Crippen molar-refractivity contribution in [2.75, 3.05) is 11.9 Å². The third-order valence-electron chi connectivity index (χ3n) is 3.24. The van der Waals surface area contributed by atoms with E-state index in [2.05, 4.69) is 26.2 Å². The van der Waals surface area contributed by atoms with Crippen LogP contribution in [0.1, 0.15) is 20.3 Å². The number of rotatable bonds is 2. The van der Waals surface area contributed by atoms with Crippen LogP contribution in [0.5, 0.6) is 0 Å². The van der Waals surface area contributed by atoms with E-state index in [1.54, 1.807) is 18.2 Å². The molecule has 20 heavy (non-hydrogen) atoms. The Bertz CT molecular complexity index is 547. The van der Waals surface area contributed by atoms with Gasteiger partial charge in [0.1, 0.15) is 16.5 Å². The summed E-state index contributed by atoms with van der Waals surface area (Å²) in [5.41, 5.74) is -0.203. The standard InChI is InChI=1S/C13H16BrN3O3/c1-13(2)6-8(17(7-13)12(19)20)11(18)16-10-5-3-4-9(14)15-10/h3-5,8H,6-7H2,1-2H3,(H,19,20)(H,15,16,18)/t8-/m0/s1. The van der Waals surface area contributed by atoms with Crippen molar-refractivity contribution in [3.63, 3.8) is 0 Å². The molecule has 0 unspecified atom stereocenters. The van der Waals surface area contributed by atoms with Gasteiger partial charge in [-0.3, -0.25) is 9.69 Å². The van der Waals surface area contributed by atoms with Crippen molar-refractivity contribution >= 4 is 33.7 Å². The summed E-state index contributed by atoms with van der Waals surface area (Å²) in [6, 6.07) is 4.48. The van der Waals surface area contributed by atoms with Crippen LogP contribution in [0.2, 0.25) is 0 Å². The summed E-state index contributed by atoms with van der Waals surface area (Å²) in [6.07, 6.45) is -0.572. The lowest BCUT2D eigenvalue weighted by molar-refractivity contribution is -0.120. The molecule has 2 amide bonds. The summed E-state index contributed by atoms with van der Waals surface area (Å²) in [5.74, 6) is 0.0583. The van der Waals surface area contributed by atoms with Gasteiger partial charge < -0.3 is 10.4 Å². The molecule has 1 saturated heterocycles. The van der Waals surface area contributed by atoms with Gasteiger partial charge in [0.05, 0.1) is 0 Å². The van der Waals surface area contributed by atoms with Crippen LogP contribution in [0.25, 0.3) is 0 Å². The van der Waals surface area contributed by atoms with Crippen molar-refractivity contribution in [3.05, 3.63) is 22.8 Å². The Morgan fingerprint density at radius 1 is 1.50 bits per heavy atom. The smallest absolute Gasteiger partial charge is 0.407 e.